The van der Waals surface area contributed by atoms with Crippen LogP contribution in [0.2, 0.25) is 0 Å². The van der Waals surface area contributed by atoms with Crippen LogP contribution in [0.3, 0.4) is 0 Å². The molecule has 0 saturated carbocycles. The molecule has 0 fully saturated rings. The summed E-state index contributed by atoms with van der Waals surface area (Å²) in [5.41, 5.74) is 0.794. The van der Waals surface area contributed by atoms with E-state index in [2.05, 4.69) is 20.0 Å². The Morgan fingerprint density at radius 2 is 2.16 bits per heavy atom. The minimum Gasteiger partial charge on any atom is -0.481 e. The zero-order chi connectivity index (χ0) is 13.5. The number of nitrogens with zero attached hydrogens (tertiary/aromatic N) is 2. The smallest absolute Gasteiger partial charge is 0.312 e. The maximum atomic E-state index is 11.2. The van der Waals surface area contributed by atoms with Crippen molar-refractivity contribution in [1.82, 2.24) is 15.5 Å². The first-order valence-corrected chi connectivity index (χ1v) is 6.01. The van der Waals surface area contributed by atoms with Crippen LogP contribution in [0.1, 0.15) is 17.3 Å². The van der Waals surface area contributed by atoms with Gasteiger partial charge in [0.1, 0.15) is 0 Å². The third-order valence-electron chi connectivity index (χ3n) is 2.78. The number of aromatic nitrogens is 2. The summed E-state index contributed by atoms with van der Waals surface area (Å²) in [5, 5.41) is 16.0. The van der Waals surface area contributed by atoms with Crippen LogP contribution in [0.25, 0.3) is 0 Å². The summed E-state index contributed by atoms with van der Waals surface area (Å²) >= 11 is 0. The second kappa shape index (κ2) is 6.65. The number of hydrogen-bond donors (Lipinski definition) is 2. The zero-order valence-electron chi connectivity index (χ0n) is 10.3. The number of aliphatic carboxylic acids is 1. The number of rotatable bonds is 7. The third-order valence-corrected chi connectivity index (χ3v) is 2.78. The van der Waals surface area contributed by atoms with Crippen LogP contribution in [-0.2, 0) is 11.2 Å². The number of carboxylic acids is 1. The van der Waals surface area contributed by atoms with E-state index >= 15 is 0 Å². The Labute approximate surface area is 110 Å². The molecular formula is C13H15N3O3. The minimum absolute atomic E-state index is 0.372. The van der Waals surface area contributed by atoms with E-state index in [0.29, 0.717) is 25.3 Å². The molecule has 0 spiro atoms. The Balaban J connectivity index is 1.83. The summed E-state index contributed by atoms with van der Waals surface area (Å²) in [6.45, 7) is 0.980. The van der Waals surface area contributed by atoms with Gasteiger partial charge in [-0.15, -0.1) is 0 Å². The summed E-state index contributed by atoms with van der Waals surface area (Å²) in [6.07, 6.45) is 1.89. The van der Waals surface area contributed by atoms with Crippen molar-refractivity contribution in [1.29, 1.82) is 0 Å². The van der Waals surface area contributed by atoms with E-state index in [1.54, 1.807) is 0 Å². The molecule has 1 aromatic carbocycles. The first-order valence-electron chi connectivity index (χ1n) is 6.01. The van der Waals surface area contributed by atoms with Crippen molar-refractivity contribution in [2.75, 3.05) is 13.1 Å². The molecule has 2 rings (SSSR count). The van der Waals surface area contributed by atoms with Gasteiger partial charge < -0.3 is 14.9 Å². The number of hydrogen-bond acceptors (Lipinski definition) is 5. The highest BCUT2D eigenvalue weighted by Gasteiger charge is 2.18. The normalized spacial score (nSPS) is 12.2. The number of nitrogens with one attached hydrogen (secondary N) is 1. The Kier molecular flexibility index (Phi) is 4.63. The minimum atomic E-state index is -0.835. The van der Waals surface area contributed by atoms with Crippen LogP contribution in [0, 0.1) is 0 Å². The van der Waals surface area contributed by atoms with Gasteiger partial charge in [-0.3, -0.25) is 4.79 Å². The number of carbonyl (C=O) groups is 1. The Morgan fingerprint density at radius 1 is 1.37 bits per heavy atom. The highest BCUT2D eigenvalue weighted by Crippen LogP contribution is 2.14. The molecule has 0 aliphatic rings. The monoisotopic (exact) mass is 261 g/mol. The Hall–Kier alpha value is -2.21. The van der Waals surface area contributed by atoms with Crippen molar-refractivity contribution in [3.8, 4) is 0 Å². The van der Waals surface area contributed by atoms with Gasteiger partial charge in [-0.05, 0) is 5.56 Å². The van der Waals surface area contributed by atoms with E-state index in [1.165, 1.54) is 6.39 Å². The van der Waals surface area contributed by atoms with E-state index < -0.39 is 11.9 Å². The lowest BCUT2D eigenvalue weighted by Gasteiger charge is -2.13. The predicted octanol–water partition coefficient (Wildman–Crippen LogP) is 1.07. The molecule has 100 valence electrons. The lowest BCUT2D eigenvalue weighted by molar-refractivity contribution is -0.138. The molecule has 1 aromatic heterocycles. The van der Waals surface area contributed by atoms with Crippen LogP contribution in [-0.4, -0.2) is 34.3 Å². The van der Waals surface area contributed by atoms with Crippen molar-refractivity contribution in [2.24, 2.45) is 0 Å². The van der Waals surface area contributed by atoms with Gasteiger partial charge in [-0.25, -0.2) is 0 Å². The van der Waals surface area contributed by atoms with Gasteiger partial charge in [-0.2, -0.15) is 4.98 Å². The van der Waals surface area contributed by atoms with Crippen LogP contribution >= 0.6 is 0 Å². The highest BCUT2D eigenvalue weighted by atomic mass is 16.5. The molecule has 1 unspecified atom stereocenters. The number of benzene rings is 1. The first kappa shape index (κ1) is 13.2. The average molecular weight is 261 g/mol. The molecule has 6 nitrogen and oxygen atoms in total. The van der Waals surface area contributed by atoms with Gasteiger partial charge in [-0.1, -0.05) is 35.5 Å². The fourth-order valence-corrected chi connectivity index (χ4v) is 1.78. The molecule has 1 atom stereocenters. The topological polar surface area (TPSA) is 88.2 Å². The van der Waals surface area contributed by atoms with Crippen LogP contribution in [0.5, 0.6) is 0 Å². The largest absolute Gasteiger partial charge is 0.481 e. The van der Waals surface area contributed by atoms with E-state index in [9.17, 15) is 9.90 Å². The Morgan fingerprint density at radius 3 is 2.79 bits per heavy atom. The van der Waals surface area contributed by atoms with E-state index in [-0.39, 0.29) is 0 Å². The average Bonchev–Trinajstić information content (AvgIpc) is 2.92. The lowest BCUT2D eigenvalue weighted by Crippen LogP contribution is -2.28. The van der Waals surface area contributed by atoms with Crippen LogP contribution in [0.4, 0.5) is 0 Å². The molecule has 19 heavy (non-hydrogen) atoms. The molecule has 1 heterocycles. The number of carboxylic acid groups (broad SMARTS) is 1. The molecule has 0 bridgehead atoms. The predicted molar refractivity (Wildman–Crippen MR) is 67.7 cm³/mol. The van der Waals surface area contributed by atoms with Crippen molar-refractivity contribution >= 4 is 5.97 Å². The second-order valence-corrected chi connectivity index (χ2v) is 4.10. The van der Waals surface area contributed by atoms with Crippen LogP contribution < -0.4 is 5.32 Å². The van der Waals surface area contributed by atoms with Gasteiger partial charge in [0, 0.05) is 19.5 Å². The van der Waals surface area contributed by atoms with E-state index in [4.69, 9.17) is 0 Å². The first-order chi connectivity index (χ1) is 9.27. The summed E-state index contributed by atoms with van der Waals surface area (Å²) < 4.78 is 4.62. The molecule has 6 heteroatoms. The van der Waals surface area contributed by atoms with Gasteiger partial charge in [0.2, 0.25) is 6.39 Å². The van der Waals surface area contributed by atoms with Crippen molar-refractivity contribution in [3.63, 3.8) is 0 Å². The van der Waals surface area contributed by atoms with Gasteiger partial charge in [0.15, 0.2) is 5.82 Å². The zero-order valence-corrected chi connectivity index (χ0v) is 10.3. The third kappa shape index (κ3) is 3.89. The molecule has 0 aliphatic carbocycles. The molecule has 0 aliphatic heterocycles. The van der Waals surface area contributed by atoms with Gasteiger partial charge in [0.25, 0.3) is 0 Å². The van der Waals surface area contributed by atoms with Crippen molar-refractivity contribution in [3.05, 3.63) is 48.1 Å². The van der Waals surface area contributed by atoms with Gasteiger partial charge in [0.05, 0.1) is 5.92 Å². The van der Waals surface area contributed by atoms with Gasteiger partial charge >= 0.3 is 5.97 Å². The maximum absolute atomic E-state index is 11.2. The molecule has 2 N–H and O–H groups in total. The fourth-order valence-electron chi connectivity index (χ4n) is 1.78. The SMILES string of the molecule is O=C(O)C(CNCCc1ncon1)c1ccccc1. The molecule has 0 amide bonds. The summed E-state index contributed by atoms with van der Waals surface area (Å²) in [6, 6.07) is 9.18. The quantitative estimate of drug-likeness (QED) is 0.725. The standard InChI is InChI=1S/C13H15N3O3/c17-13(18)11(10-4-2-1-3-5-10)8-14-7-6-12-15-9-19-16-12/h1-5,9,11,14H,6-8H2,(H,17,18). The van der Waals surface area contributed by atoms with Crippen LogP contribution in [0.15, 0.2) is 41.2 Å². The summed E-state index contributed by atoms with van der Waals surface area (Å²) in [4.78, 5) is 15.1. The second-order valence-electron chi connectivity index (χ2n) is 4.10. The Bertz CT molecular complexity index is 499. The molecule has 0 saturated heterocycles. The summed E-state index contributed by atoms with van der Waals surface area (Å²) in [5.74, 6) is -0.774. The fraction of sp³-hybridized carbons (Fsp3) is 0.308. The lowest BCUT2D eigenvalue weighted by atomic mass is 9.99. The van der Waals surface area contributed by atoms with E-state index in [0.717, 1.165) is 5.56 Å². The molecule has 2 aromatic rings. The molecule has 0 radical (unpaired) electrons. The van der Waals surface area contributed by atoms with Crippen molar-refractivity contribution in [2.45, 2.75) is 12.3 Å². The van der Waals surface area contributed by atoms with Crippen molar-refractivity contribution < 1.29 is 14.4 Å². The summed E-state index contributed by atoms with van der Waals surface area (Å²) in [7, 11) is 0. The molecular weight excluding hydrogens is 246 g/mol. The van der Waals surface area contributed by atoms with E-state index in [1.807, 2.05) is 30.3 Å². The highest BCUT2D eigenvalue weighted by molar-refractivity contribution is 5.76. The maximum Gasteiger partial charge on any atom is 0.312 e.